The zero-order valence-electron chi connectivity index (χ0n) is 12.0. The van der Waals surface area contributed by atoms with Gasteiger partial charge in [0, 0.05) is 19.7 Å². The number of nitrogens with zero attached hydrogens (tertiary/aromatic N) is 1. The van der Waals surface area contributed by atoms with E-state index in [4.69, 9.17) is 4.65 Å². The standard InChI is InChI=1S/C16H17BFNO2/c1-19(2)15(13-9-5-3-6-10-13)16(20)21-17(19,18)14-11-7-4-8-12-14/h3-12,20H,1-2H3. The van der Waals surface area contributed by atoms with Crippen molar-refractivity contribution >= 4 is 17.9 Å². The zero-order valence-corrected chi connectivity index (χ0v) is 12.0. The molecule has 0 fully saturated rings. The monoisotopic (exact) mass is 285 g/mol. The van der Waals surface area contributed by atoms with Crippen molar-refractivity contribution in [1.82, 2.24) is 0 Å². The summed E-state index contributed by atoms with van der Waals surface area (Å²) in [7, 11) is 3.41. The SMILES string of the molecule is C[N+]1(C)C(c2ccccc2)=C(O)O[B-]1(F)c1ccccc1. The average molecular weight is 285 g/mol. The minimum Gasteiger partial charge on any atom is -0.603 e. The maximum atomic E-state index is 15.6. The Labute approximate surface area is 123 Å². The quantitative estimate of drug-likeness (QED) is 0.860. The van der Waals surface area contributed by atoms with Gasteiger partial charge in [-0.2, -0.15) is 0 Å². The molecule has 0 spiro atoms. The highest BCUT2D eigenvalue weighted by Crippen LogP contribution is 2.41. The van der Waals surface area contributed by atoms with E-state index in [2.05, 4.69) is 0 Å². The van der Waals surface area contributed by atoms with Gasteiger partial charge in [0.1, 0.15) is 0 Å². The highest BCUT2D eigenvalue weighted by atomic mass is 19.1. The molecule has 1 aliphatic rings. The summed E-state index contributed by atoms with van der Waals surface area (Å²) in [5, 5.41) is 10.2. The van der Waals surface area contributed by atoms with E-state index in [1.165, 1.54) is 0 Å². The van der Waals surface area contributed by atoms with Crippen LogP contribution in [0, 0.1) is 0 Å². The molecule has 2 aromatic carbocycles. The number of halogens is 1. The second-order valence-corrected chi connectivity index (χ2v) is 5.74. The van der Waals surface area contributed by atoms with Crippen molar-refractivity contribution in [3.8, 4) is 0 Å². The molecule has 21 heavy (non-hydrogen) atoms. The maximum Gasteiger partial charge on any atom is 0.596 e. The van der Waals surface area contributed by atoms with Crippen LogP contribution >= 0.6 is 0 Å². The van der Waals surface area contributed by atoms with Gasteiger partial charge in [0.25, 0.3) is 5.95 Å². The minimum atomic E-state index is -2.93. The largest absolute Gasteiger partial charge is 0.603 e. The highest BCUT2D eigenvalue weighted by molar-refractivity contribution is 6.75. The lowest BCUT2D eigenvalue weighted by atomic mass is 9.63. The van der Waals surface area contributed by atoms with Crippen molar-refractivity contribution in [1.29, 1.82) is 0 Å². The van der Waals surface area contributed by atoms with E-state index in [0.717, 1.165) is 5.56 Å². The Morgan fingerprint density at radius 1 is 0.952 bits per heavy atom. The third kappa shape index (κ3) is 1.93. The molecular formula is C16H17BFNO2. The first kappa shape index (κ1) is 13.7. The van der Waals surface area contributed by atoms with E-state index < -0.39 is 6.76 Å². The van der Waals surface area contributed by atoms with Crippen molar-refractivity contribution in [2.75, 3.05) is 14.1 Å². The summed E-state index contributed by atoms with van der Waals surface area (Å²) in [5.41, 5.74) is 1.62. The van der Waals surface area contributed by atoms with Crippen LogP contribution in [-0.2, 0) is 4.65 Å². The smallest absolute Gasteiger partial charge is 0.596 e. The molecule has 1 N–H and O–H groups in total. The lowest BCUT2D eigenvalue weighted by Gasteiger charge is -2.43. The van der Waals surface area contributed by atoms with Crippen molar-refractivity contribution in [3.05, 3.63) is 72.2 Å². The Hall–Kier alpha value is -2.27. The second kappa shape index (κ2) is 4.64. The fraction of sp³-hybridized carbons (Fsp3) is 0.125. The number of rotatable bonds is 2. The molecule has 1 heterocycles. The van der Waals surface area contributed by atoms with E-state index >= 15 is 4.32 Å². The Morgan fingerprint density at radius 3 is 2.05 bits per heavy atom. The molecular weight excluding hydrogens is 268 g/mol. The molecule has 0 aliphatic carbocycles. The molecule has 0 radical (unpaired) electrons. The van der Waals surface area contributed by atoms with Gasteiger partial charge in [-0.25, -0.2) is 0 Å². The van der Waals surface area contributed by atoms with Crippen LogP contribution in [-0.4, -0.2) is 30.4 Å². The molecule has 3 nitrogen and oxygen atoms in total. The van der Waals surface area contributed by atoms with Gasteiger partial charge >= 0.3 is 6.76 Å². The Balaban J connectivity index is 2.12. The predicted octanol–water partition coefficient (Wildman–Crippen LogP) is 2.79. The molecule has 108 valence electrons. The number of hydrogen-bond donors (Lipinski definition) is 1. The van der Waals surface area contributed by atoms with Crippen molar-refractivity contribution in [2.24, 2.45) is 0 Å². The molecule has 0 saturated heterocycles. The van der Waals surface area contributed by atoms with E-state index in [1.807, 2.05) is 36.4 Å². The zero-order chi connectivity index (χ0) is 15.1. The number of quaternary nitrogens is 1. The van der Waals surface area contributed by atoms with E-state index in [0.29, 0.717) is 11.2 Å². The van der Waals surface area contributed by atoms with Gasteiger partial charge in [-0.1, -0.05) is 54.0 Å². The lowest BCUT2D eigenvalue weighted by Crippen LogP contribution is -2.65. The number of hydrogen-bond acceptors (Lipinski definition) is 2. The highest BCUT2D eigenvalue weighted by Gasteiger charge is 2.58. The first-order valence-electron chi connectivity index (χ1n) is 6.87. The van der Waals surface area contributed by atoms with E-state index in [9.17, 15) is 5.11 Å². The van der Waals surface area contributed by atoms with E-state index in [1.54, 1.807) is 38.4 Å². The third-order valence-electron chi connectivity index (χ3n) is 4.13. The third-order valence-corrected chi connectivity index (χ3v) is 4.13. The van der Waals surface area contributed by atoms with Gasteiger partial charge in [-0.3, -0.25) is 0 Å². The molecule has 0 saturated carbocycles. The summed E-state index contributed by atoms with van der Waals surface area (Å²) in [6, 6.07) is 18.0. The first-order valence-corrected chi connectivity index (χ1v) is 6.87. The maximum absolute atomic E-state index is 15.6. The van der Waals surface area contributed by atoms with E-state index in [-0.39, 0.29) is 10.3 Å². The average Bonchev–Trinajstić information content (AvgIpc) is 2.67. The molecule has 0 amide bonds. The molecule has 1 atom stereocenters. The number of aliphatic hydroxyl groups is 1. The van der Waals surface area contributed by atoms with Crippen molar-refractivity contribution in [2.45, 2.75) is 0 Å². The van der Waals surface area contributed by atoms with Gasteiger partial charge in [-0.05, 0) is 12.1 Å². The van der Waals surface area contributed by atoms with Gasteiger partial charge < -0.3 is 18.5 Å². The number of aliphatic hydroxyl groups excluding tert-OH is 1. The van der Waals surface area contributed by atoms with Crippen LogP contribution in [0.2, 0.25) is 0 Å². The first-order chi connectivity index (χ1) is 9.97. The molecule has 5 heteroatoms. The van der Waals surface area contributed by atoms with Gasteiger partial charge in [0.2, 0.25) is 0 Å². The number of benzene rings is 2. The predicted molar refractivity (Wildman–Crippen MR) is 82.1 cm³/mol. The Bertz CT molecular complexity index is 688. The fourth-order valence-electron chi connectivity index (χ4n) is 2.93. The summed E-state index contributed by atoms with van der Waals surface area (Å²) in [6.45, 7) is -2.93. The van der Waals surface area contributed by atoms with Crippen LogP contribution in [0.1, 0.15) is 5.56 Å². The van der Waals surface area contributed by atoms with Crippen LogP contribution < -0.4 is 5.46 Å². The van der Waals surface area contributed by atoms with Crippen LogP contribution in [0.3, 0.4) is 0 Å². The van der Waals surface area contributed by atoms with Gasteiger partial charge in [0.15, 0.2) is 5.70 Å². The molecule has 1 aliphatic heterocycles. The Morgan fingerprint density at radius 2 is 1.48 bits per heavy atom. The molecule has 2 aromatic rings. The van der Waals surface area contributed by atoms with Crippen LogP contribution in [0.4, 0.5) is 4.32 Å². The molecule has 0 aromatic heterocycles. The van der Waals surface area contributed by atoms with Crippen LogP contribution in [0.5, 0.6) is 0 Å². The van der Waals surface area contributed by atoms with Crippen molar-refractivity contribution in [3.63, 3.8) is 0 Å². The van der Waals surface area contributed by atoms with Crippen LogP contribution in [0.25, 0.3) is 5.70 Å². The molecule has 1 unspecified atom stereocenters. The summed E-state index contributed by atoms with van der Waals surface area (Å²) in [4.78, 5) is 0. The van der Waals surface area contributed by atoms with Crippen LogP contribution in [0.15, 0.2) is 66.6 Å². The lowest BCUT2D eigenvalue weighted by molar-refractivity contribution is -0.719. The second-order valence-electron chi connectivity index (χ2n) is 5.74. The molecule has 0 bridgehead atoms. The minimum absolute atomic E-state index is 0.181. The summed E-state index contributed by atoms with van der Waals surface area (Å²) < 4.78 is 20.8. The van der Waals surface area contributed by atoms with Crippen molar-refractivity contribution < 1.29 is 18.5 Å². The topological polar surface area (TPSA) is 29.5 Å². The molecule has 3 rings (SSSR count). The normalized spacial score (nSPS) is 24.0. The van der Waals surface area contributed by atoms with Gasteiger partial charge in [0.05, 0.1) is 0 Å². The fourth-order valence-corrected chi connectivity index (χ4v) is 2.93. The Kier molecular flexibility index (Phi) is 3.03. The summed E-state index contributed by atoms with van der Waals surface area (Å²) in [6.07, 6.45) is 0. The van der Waals surface area contributed by atoms with Gasteiger partial charge in [-0.15, -0.1) is 0 Å². The summed E-state index contributed by atoms with van der Waals surface area (Å²) >= 11 is 0. The summed E-state index contributed by atoms with van der Waals surface area (Å²) in [5.74, 6) is -0.349.